The van der Waals surface area contributed by atoms with Gasteiger partial charge in [-0.1, -0.05) is 0 Å². The number of benzene rings is 2. The number of rotatable bonds is 6. The molecule has 2 aromatic rings. The highest BCUT2D eigenvalue weighted by Crippen LogP contribution is 2.29. The first-order valence-corrected chi connectivity index (χ1v) is 10.5. The number of Topliss-reactive ketones (excluding diaryl/α,β-unsaturated/α-hetero) is 1. The molecule has 0 spiro atoms. The molecule has 33 heavy (non-hydrogen) atoms. The lowest BCUT2D eigenvalue weighted by Gasteiger charge is -2.18. The van der Waals surface area contributed by atoms with Crippen LogP contribution in [0.5, 0.6) is 5.75 Å². The molecule has 2 heterocycles. The molecule has 2 aromatic carbocycles. The van der Waals surface area contributed by atoms with Gasteiger partial charge >= 0.3 is 12.1 Å². The van der Waals surface area contributed by atoms with Crippen molar-refractivity contribution in [3.05, 3.63) is 54.1 Å². The third-order valence-electron chi connectivity index (χ3n) is 5.47. The molecule has 10 heteroatoms. The van der Waals surface area contributed by atoms with E-state index in [4.69, 9.17) is 18.9 Å². The molecule has 2 fully saturated rings. The maximum atomic E-state index is 12.4. The van der Waals surface area contributed by atoms with E-state index in [0.717, 1.165) is 0 Å². The summed E-state index contributed by atoms with van der Waals surface area (Å²) in [6.07, 6.45) is -2.13. The third-order valence-corrected chi connectivity index (χ3v) is 5.47. The summed E-state index contributed by atoms with van der Waals surface area (Å²) < 4.78 is 22.1. The van der Waals surface area contributed by atoms with Crippen LogP contribution >= 0.6 is 0 Å². The number of nitrogens with one attached hydrogen (secondary N) is 3. The normalized spacial score (nSPS) is 23.3. The monoisotopic (exact) mass is 455 g/mol. The first-order chi connectivity index (χ1) is 15.9. The lowest BCUT2D eigenvalue weighted by Crippen LogP contribution is -2.46. The third kappa shape index (κ3) is 5.41. The van der Waals surface area contributed by atoms with E-state index in [-0.39, 0.29) is 19.0 Å². The summed E-state index contributed by atoms with van der Waals surface area (Å²) in [6.45, 7) is 1.87. The highest BCUT2D eigenvalue weighted by Gasteiger charge is 2.50. The zero-order chi connectivity index (χ0) is 23.4. The Morgan fingerprint density at radius 1 is 0.879 bits per heavy atom. The zero-order valence-corrected chi connectivity index (χ0v) is 18.2. The first kappa shape index (κ1) is 22.6. The summed E-state index contributed by atoms with van der Waals surface area (Å²) in [7, 11) is 1.56. The number of hydrogen-bond donors (Lipinski definition) is 3. The Bertz CT molecular complexity index is 1010. The highest BCUT2D eigenvalue weighted by atomic mass is 16.6. The van der Waals surface area contributed by atoms with Crippen molar-refractivity contribution in [3.63, 3.8) is 0 Å². The number of anilines is 2. The number of carbonyl (C=O) groups excluding carboxylic acids is 3. The fraction of sp³-hybridized carbons (Fsp3) is 0.348. The SMILES string of the molecule is COc1ccc(NC(=O)OC2COC3C(NC(=O)Nc4ccc(C(C)=O)cc4)COC23)cc1. The Kier molecular flexibility index (Phi) is 6.76. The topological polar surface area (TPSA) is 124 Å². The molecule has 3 N–H and O–H groups in total. The van der Waals surface area contributed by atoms with Gasteiger partial charge in [-0.3, -0.25) is 10.1 Å². The van der Waals surface area contributed by atoms with Gasteiger partial charge in [0.2, 0.25) is 0 Å². The lowest BCUT2D eigenvalue weighted by atomic mass is 10.1. The number of ether oxygens (including phenoxy) is 4. The second kappa shape index (κ2) is 9.88. The van der Waals surface area contributed by atoms with Gasteiger partial charge < -0.3 is 29.6 Å². The van der Waals surface area contributed by atoms with Gasteiger partial charge in [-0.2, -0.15) is 0 Å². The van der Waals surface area contributed by atoms with E-state index in [1.807, 2.05) is 0 Å². The molecule has 4 unspecified atom stereocenters. The van der Waals surface area contributed by atoms with Gasteiger partial charge in [-0.15, -0.1) is 0 Å². The fourth-order valence-corrected chi connectivity index (χ4v) is 3.77. The van der Waals surface area contributed by atoms with Crippen LogP contribution in [0.15, 0.2) is 48.5 Å². The van der Waals surface area contributed by atoms with E-state index in [1.165, 1.54) is 6.92 Å². The molecular weight excluding hydrogens is 430 g/mol. The van der Waals surface area contributed by atoms with Gasteiger partial charge in [-0.25, -0.2) is 9.59 Å². The predicted octanol–water partition coefficient (Wildman–Crippen LogP) is 2.80. The van der Waals surface area contributed by atoms with Crippen molar-refractivity contribution in [1.82, 2.24) is 5.32 Å². The van der Waals surface area contributed by atoms with E-state index in [2.05, 4.69) is 16.0 Å². The summed E-state index contributed by atoms with van der Waals surface area (Å²) in [5.41, 5.74) is 1.68. The Hall–Kier alpha value is -3.63. The molecule has 0 saturated carbocycles. The van der Waals surface area contributed by atoms with Crippen LogP contribution in [0.25, 0.3) is 0 Å². The number of methoxy groups -OCH3 is 1. The van der Waals surface area contributed by atoms with Crippen molar-refractivity contribution in [2.24, 2.45) is 0 Å². The average molecular weight is 455 g/mol. The molecule has 0 aliphatic carbocycles. The van der Waals surface area contributed by atoms with E-state index >= 15 is 0 Å². The number of amides is 3. The maximum Gasteiger partial charge on any atom is 0.412 e. The van der Waals surface area contributed by atoms with Gasteiger partial charge in [0, 0.05) is 16.9 Å². The molecule has 10 nitrogen and oxygen atoms in total. The highest BCUT2D eigenvalue weighted by molar-refractivity contribution is 5.95. The molecular formula is C23H25N3O7. The smallest absolute Gasteiger partial charge is 0.412 e. The van der Waals surface area contributed by atoms with Gasteiger partial charge in [-0.05, 0) is 55.5 Å². The standard InChI is InChI=1S/C23H25N3O7/c1-13(27)14-3-5-15(6-4-14)24-22(28)26-18-11-31-21-19(12-32-20(18)21)33-23(29)25-16-7-9-17(30-2)10-8-16/h3-10,18-21H,11-12H2,1-2H3,(H,25,29)(H2,24,26,28). The van der Waals surface area contributed by atoms with Crippen molar-refractivity contribution in [1.29, 1.82) is 0 Å². The predicted molar refractivity (Wildman–Crippen MR) is 119 cm³/mol. The van der Waals surface area contributed by atoms with Crippen LogP contribution in [0, 0.1) is 0 Å². The second-order valence-electron chi connectivity index (χ2n) is 7.73. The number of carbonyl (C=O) groups is 3. The average Bonchev–Trinajstić information content (AvgIpc) is 3.38. The zero-order valence-electron chi connectivity index (χ0n) is 18.2. The molecule has 2 aliphatic rings. The van der Waals surface area contributed by atoms with Crippen LogP contribution in [0.4, 0.5) is 21.0 Å². The van der Waals surface area contributed by atoms with E-state index in [0.29, 0.717) is 22.7 Å². The van der Waals surface area contributed by atoms with Gasteiger partial charge in [0.1, 0.15) is 18.0 Å². The van der Waals surface area contributed by atoms with Gasteiger partial charge in [0.25, 0.3) is 0 Å². The molecule has 0 radical (unpaired) electrons. The Morgan fingerprint density at radius 3 is 2.18 bits per heavy atom. The quantitative estimate of drug-likeness (QED) is 0.572. The second-order valence-corrected chi connectivity index (χ2v) is 7.73. The molecule has 4 rings (SSSR count). The molecule has 4 atom stereocenters. The van der Waals surface area contributed by atoms with Crippen molar-refractivity contribution in [2.45, 2.75) is 31.3 Å². The van der Waals surface area contributed by atoms with Gasteiger partial charge in [0.05, 0.1) is 26.4 Å². The molecule has 0 aromatic heterocycles. The number of urea groups is 1. The molecule has 2 saturated heterocycles. The summed E-state index contributed by atoms with van der Waals surface area (Å²) in [5.74, 6) is 0.629. The first-order valence-electron chi connectivity index (χ1n) is 10.5. The Morgan fingerprint density at radius 2 is 1.52 bits per heavy atom. The maximum absolute atomic E-state index is 12.4. The van der Waals surface area contributed by atoms with Crippen molar-refractivity contribution in [3.8, 4) is 5.75 Å². The number of fused-ring (bicyclic) bond motifs is 1. The van der Waals surface area contributed by atoms with Crippen molar-refractivity contribution >= 4 is 29.3 Å². The molecule has 0 bridgehead atoms. The molecule has 174 valence electrons. The van der Waals surface area contributed by atoms with Crippen LogP contribution < -0.4 is 20.7 Å². The van der Waals surface area contributed by atoms with Crippen LogP contribution in [-0.4, -0.2) is 62.6 Å². The summed E-state index contributed by atoms with van der Waals surface area (Å²) in [6, 6.07) is 12.6. The van der Waals surface area contributed by atoms with Crippen LogP contribution in [0.2, 0.25) is 0 Å². The molecule has 3 amide bonds. The van der Waals surface area contributed by atoms with Crippen molar-refractivity contribution in [2.75, 3.05) is 31.0 Å². The van der Waals surface area contributed by atoms with Crippen LogP contribution in [0.1, 0.15) is 17.3 Å². The van der Waals surface area contributed by atoms with Crippen LogP contribution in [0.3, 0.4) is 0 Å². The Balaban J connectivity index is 1.26. The summed E-state index contributed by atoms with van der Waals surface area (Å²) >= 11 is 0. The van der Waals surface area contributed by atoms with E-state index in [9.17, 15) is 14.4 Å². The Labute approximate surface area is 190 Å². The summed E-state index contributed by atoms with van der Waals surface area (Å²) in [5, 5.41) is 8.20. The van der Waals surface area contributed by atoms with Crippen LogP contribution in [-0.2, 0) is 14.2 Å². The van der Waals surface area contributed by atoms with Crippen molar-refractivity contribution < 1.29 is 33.3 Å². The van der Waals surface area contributed by atoms with Gasteiger partial charge in [0.15, 0.2) is 11.9 Å². The lowest BCUT2D eigenvalue weighted by molar-refractivity contribution is 0.00873. The number of ketones is 1. The summed E-state index contributed by atoms with van der Waals surface area (Å²) in [4.78, 5) is 36.0. The fourth-order valence-electron chi connectivity index (χ4n) is 3.77. The largest absolute Gasteiger partial charge is 0.497 e. The minimum Gasteiger partial charge on any atom is -0.497 e. The van der Waals surface area contributed by atoms with E-state index < -0.39 is 36.5 Å². The minimum atomic E-state index is -0.624. The number of hydrogen-bond acceptors (Lipinski definition) is 7. The molecule has 2 aliphatic heterocycles. The van der Waals surface area contributed by atoms with E-state index in [1.54, 1.807) is 55.6 Å². The minimum absolute atomic E-state index is 0.0482.